The molecule has 0 aromatic carbocycles. The van der Waals surface area contributed by atoms with Gasteiger partial charge in [0.15, 0.2) is 5.78 Å². The summed E-state index contributed by atoms with van der Waals surface area (Å²) in [7, 11) is 0. The zero-order valence-corrected chi connectivity index (χ0v) is 8.31. The Morgan fingerprint density at radius 2 is 2.00 bits per heavy atom. The highest BCUT2D eigenvalue weighted by molar-refractivity contribution is 5.90. The van der Waals surface area contributed by atoms with E-state index >= 15 is 0 Å². The molecule has 0 aromatic rings. The Bertz CT molecular complexity index is 220. The van der Waals surface area contributed by atoms with Crippen molar-refractivity contribution >= 4 is 5.78 Å². The summed E-state index contributed by atoms with van der Waals surface area (Å²) < 4.78 is 0. The summed E-state index contributed by atoms with van der Waals surface area (Å²) in [5, 5.41) is 10.1. The molecule has 0 amide bonds. The summed E-state index contributed by atoms with van der Waals surface area (Å²) in [4.78, 5) is 11.6. The molecule has 1 atom stereocenters. The first-order chi connectivity index (χ1) is 6.07. The maximum Gasteiger partial charge on any atom is 0.168 e. The molecule has 0 bridgehead atoms. The minimum Gasteiger partial charge on any atom is -0.378 e. The number of hydrogen-bond donors (Lipinski definition) is 1. The lowest BCUT2D eigenvalue weighted by Gasteiger charge is -2.28. The predicted octanol–water partition coefficient (Wildman–Crippen LogP) is 2.22. The van der Waals surface area contributed by atoms with Gasteiger partial charge >= 0.3 is 0 Å². The zero-order chi connectivity index (χ0) is 9.90. The predicted molar refractivity (Wildman–Crippen MR) is 52.5 cm³/mol. The van der Waals surface area contributed by atoms with E-state index < -0.39 is 5.60 Å². The van der Waals surface area contributed by atoms with Gasteiger partial charge in [0.25, 0.3) is 0 Å². The summed E-state index contributed by atoms with van der Waals surface area (Å²) in [6.45, 7) is 5.44. The Morgan fingerprint density at radius 3 is 2.62 bits per heavy atom. The lowest BCUT2D eigenvalue weighted by atomic mass is 9.81. The molecule has 0 heterocycles. The number of ketones is 1. The summed E-state index contributed by atoms with van der Waals surface area (Å²) in [6.07, 6.45) is 5.12. The van der Waals surface area contributed by atoms with Gasteiger partial charge in [0, 0.05) is 6.42 Å². The quantitative estimate of drug-likeness (QED) is 0.631. The fraction of sp³-hybridized carbons (Fsp3) is 0.727. The van der Waals surface area contributed by atoms with Crippen LogP contribution in [0.2, 0.25) is 0 Å². The minimum atomic E-state index is -1.22. The molecule has 0 aromatic heterocycles. The van der Waals surface area contributed by atoms with Gasteiger partial charge in [-0.2, -0.15) is 0 Å². The first-order valence-electron chi connectivity index (χ1n) is 4.99. The van der Waals surface area contributed by atoms with Gasteiger partial charge in [0.2, 0.25) is 0 Å². The largest absolute Gasteiger partial charge is 0.378 e. The van der Waals surface area contributed by atoms with Crippen molar-refractivity contribution in [3.63, 3.8) is 0 Å². The van der Waals surface area contributed by atoms with Gasteiger partial charge in [-0.1, -0.05) is 19.4 Å². The average molecular weight is 182 g/mol. The number of Topliss-reactive ketones (excluding diaryl/α,β-unsaturated/α-hetero) is 1. The molecule has 1 saturated carbocycles. The van der Waals surface area contributed by atoms with Crippen molar-refractivity contribution in [2.75, 3.05) is 0 Å². The van der Waals surface area contributed by atoms with E-state index in [2.05, 4.69) is 6.58 Å². The van der Waals surface area contributed by atoms with Gasteiger partial charge in [-0.3, -0.25) is 4.79 Å². The monoisotopic (exact) mass is 182 g/mol. The van der Waals surface area contributed by atoms with Gasteiger partial charge in [-0.15, -0.1) is 0 Å². The average Bonchev–Trinajstić information content (AvgIpc) is 2.07. The summed E-state index contributed by atoms with van der Waals surface area (Å²) in [5.74, 6) is -0.0419. The first kappa shape index (κ1) is 10.5. The third-order valence-corrected chi connectivity index (χ3v) is 2.86. The molecule has 1 fully saturated rings. The normalized spacial score (nSPS) is 30.8. The van der Waals surface area contributed by atoms with Crippen LogP contribution in [0.4, 0.5) is 0 Å². The highest BCUT2D eigenvalue weighted by Gasteiger charge is 2.35. The molecule has 1 rings (SSSR count). The van der Waals surface area contributed by atoms with Crippen LogP contribution in [0.3, 0.4) is 0 Å². The Hall–Kier alpha value is -0.630. The number of rotatable bonds is 1. The van der Waals surface area contributed by atoms with Crippen molar-refractivity contribution in [1.82, 2.24) is 0 Å². The van der Waals surface area contributed by atoms with E-state index in [-0.39, 0.29) is 5.78 Å². The van der Waals surface area contributed by atoms with Gasteiger partial charge in [-0.05, 0) is 31.8 Å². The molecule has 2 nitrogen and oxygen atoms in total. The standard InChI is InChI=1S/C11H18O2/c1-9(2)11(13)8-6-4-3-5-7-10(11)12/h13H,1,3-8H2,2H3. The second-order valence-electron chi connectivity index (χ2n) is 3.98. The topological polar surface area (TPSA) is 37.3 Å². The molecule has 0 radical (unpaired) electrons. The van der Waals surface area contributed by atoms with Gasteiger partial charge < -0.3 is 5.11 Å². The van der Waals surface area contributed by atoms with E-state index in [0.717, 1.165) is 25.7 Å². The van der Waals surface area contributed by atoms with Crippen molar-refractivity contribution in [3.05, 3.63) is 12.2 Å². The molecule has 1 unspecified atom stereocenters. The molecule has 2 heteroatoms. The van der Waals surface area contributed by atoms with Crippen LogP contribution >= 0.6 is 0 Å². The zero-order valence-electron chi connectivity index (χ0n) is 8.31. The third kappa shape index (κ3) is 2.19. The van der Waals surface area contributed by atoms with Crippen LogP contribution < -0.4 is 0 Å². The molecule has 0 spiro atoms. The van der Waals surface area contributed by atoms with Crippen molar-refractivity contribution in [2.45, 2.75) is 51.0 Å². The Labute approximate surface area is 79.6 Å². The lowest BCUT2D eigenvalue weighted by Crippen LogP contribution is -2.40. The molecular weight excluding hydrogens is 164 g/mol. The number of aliphatic hydroxyl groups is 1. The molecule has 13 heavy (non-hydrogen) atoms. The van der Waals surface area contributed by atoms with Crippen molar-refractivity contribution in [2.24, 2.45) is 0 Å². The minimum absolute atomic E-state index is 0.0419. The van der Waals surface area contributed by atoms with Crippen LogP contribution in [-0.4, -0.2) is 16.5 Å². The molecule has 74 valence electrons. The van der Waals surface area contributed by atoms with Crippen LogP contribution in [0, 0.1) is 0 Å². The second kappa shape index (κ2) is 4.05. The van der Waals surface area contributed by atoms with E-state index in [0.29, 0.717) is 18.4 Å². The highest BCUT2D eigenvalue weighted by atomic mass is 16.3. The lowest BCUT2D eigenvalue weighted by molar-refractivity contribution is -0.135. The van der Waals surface area contributed by atoms with E-state index in [4.69, 9.17) is 0 Å². The van der Waals surface area contributed by atoms with Crippen LogP contribution in [0.25, 0.3) is 0 Å². The van der Waals surface area contributed by atoms with Crippen LogP contribution in [0.5, 0.6) is 0 Å². The number of carbonyl (C=O) groups is 1. The summed E-state index contributed by atoms with van der Waals surface area (Å²) >= 11 is 0. The molecule has 1 N–H and O–H groups in total. The fourth-order valence-corrected chi connectivity index (χ4v) is 1.82. The van der Waals surface area contributed by atoms with E-state index in [1.54, 1.807) is 6.92 Å². The van der Waals surface area contributed by atoms with E-state index in [1.165, 1.54) is 0 Å². The molecular formula is C11H18O2. The second-order valence-corrected chi connectivity index (χ2v) is 3.98. The van der Waals surface area contributed by atoms with Crippen molar-refractivity contribution in [3.8, 4) is 0 Å². The Balaban J connectivity index is 2.77. The maximum absolute atomic E-state index is 11.6. The van der Waals surface area contributed by atoms with Crippen LogP contribution in [-0.2, 0) is 4.79 Å². The van der Waals surface area contributed by atoms with Crippen LogP contribution in [0.1, 0.15) is 45.4 Å². The molecule has 0 saturated heterocycles. The van der Waals surface area contributed by atoms with Crippen LogP contribution in [0.15, 0.2) is 12.2 Å². The molecule has 1 aliphatic rings. The fourth-order valence-electron chi connectivity index (χ4n) is 1.82. The van der Waals surface area contributed by atoms with E-state index in [9.17, 15) is 9.90 Å². The first-order valence-corrected chi connectivity index (χ1v) is 4.99. The molecule has 0 aliphatic heterocycles. The summed E-state index contributed by atoms with van der Waals surface area (Å²) in [6, 6.07) is 0. The third-order valence-electron chi connectivity index (χ3n) is 2.86. The Morgan fingerprint density at radius 1 is 1.38 bits per heavy atom. The van der Waals surface area contributed by atoms with Gasteiger partial charge in [0.1, 0.15) is 5.60 Å². The van der Waals surface area contributed by atoms with E-state index in [1.807, 2.05) is 0 Å². The number of hydrogen-bond acceptors (Lipinski definition) is 2. The Kier molecular flexibility index (Phi) is 3.26. The molecule has 1 aliphatic carbocycles. The van der Waals surface area contributed by atoms with Crippen molar-refractivity contribution in [1.29, 1.82) is 0 Å². The smallest absolute Gasteiger partial charge is 0.168 e. The SMILES string of the molecule is C=C(C)C1(O)CCCCCCC1=O. The maximum atomic E-state index is 11.6. The van der Waals surface area contributed by atoms with Gasteiger partial charge in [-0.25, -0.2) is 0 Å². The highest BCUT2D eigenvalue weighted by Crippen LogP contribution is 2.28. The number of carbonyl (C=O) groups excluding carboxylic acids is 1. The van der Waals surface area contributed by atoms with Gasteiger partial charge in [0.05, 0.1) is 0 Å². The summed E-state index contributed by atoms with van der Waals surface area (Å²) in [5.41, 5.74) is -0.625. The van der Waals surface area contributed by atoms with Crippen molar-refractivity contribution < 1.29 is 9.90 Å².